The van der Waals surface area contributed by atoms with Crippen LogP contribution in [-0.2, 0) is 16.1 Å². The van der Waals surface area contributed by atoms with E-state index in [0.29, 0.717) is 36.9 Å². The molecule has 0 saturated heterocycles. The summed E-state index contributed by atoms with van der Waals surface area (Å²) in [6.45, 7) is 5.45. The maximum absolute atomic E-state index is 12.9. The van der Waals surface area contributed by atoms with Gasteiger partial charge in [0.25, 0.3) is 0 Å². The number of H-pyrrole nitrogens is 1. The Morgan fingerprint density at radius 1 is 1.26 bits per heavy atom. The predicted molar refractivity (Wildman–Crippen MR) is 136 cm³/mol. The predicted octanol–water partition coefficient (Wildman–Crippen LogP) is 2.91. The fourth-order valence-corrected chi connectivity index (χ4v) is 6.72. The normalized spacial score (nSPS) is 14.2. The molecule has 1 aromatic carbocycles. The van der Waals surface area contributed by atoms with E-state index in [4.69, 9.17) is 0 Å². The zero-order valence-corrected chi connectivity index (χ0v) is 22.6. The van der Waals surface area contributed by atoms with E-state index in [1.54, 1.807) is 18.0 Å². The molecular weight excluding hydrogens is 515 g/mol. The molecule has 185 valence electrons. The number of aromatic amines is 1. The van der Waals surface area contributed by atoms with Crippen molar-refractivity contribution in [1.82, 2.24) is 20.2 Å². The molecule has 0 spiro atoms. The molecule has 1 aromatic heterocycles. The molecule has 2 aromatic rings. The second-order valence-corrected chi connectivity index (χ2v) is 12.0. The van der Waals surface area contributed by atoms with Crippen LogP contribution in [0.2, 0.25) is 4.71 Å². The van der Waals surface area contributed by atoms with Gasteiger partial charge in [0.1, 0.15) is 0 Å². The van der Waals surface area contributed by atoms with Crippen LogP contribution >= 0.6 is 11.8 Å². The maximum atomic E-state index is 12.9. The second-order valence-electron chi connectivity index (χ2n) is 8.25. The van der Waals surface area contributed by atoms with Crippen molar-refractivity contribution < 1.29 is 19.5 Å². The summed E-state index contributed by atoms with van der Waals surface area (Å²) in [5, 5.41) is 12.2. The van der Waals surface area contributed by atoms with Crippen LogP contribution in [0.4, 0.5) is 0 Å². The molecule has 1 heterocycles. The number of nitrogens with one attached hydrogen (secondary N) is 2. The summed E-state index contributed by atoms with van der Waals surface area (Å²) in [5.41, 5.74) is 1.59. The topological polar surface area (TPSA) is 115 Å². The summed E-state index contributed by atoms with van der Waals surface area (Å²) < 4.78 is 0.214. The van der Waals surface area contributed by atoms with Crippen molar-refractivity contribution in [2.45, 2.75) is 44.0 Å². The standard InChI is InChI=1S/C24H34AsN4O4S/c1-4-17(2)19(25-23(31)21-12-26-16-27-21)14-29(13-18-8-6-5-7-9-18)15-22(30)28-20(24(32)33)10-11-34-3/h5-9,12,16-17,19-20H,4,10-11,13-15H2,1-3H3,(H,26,27)(H,28,30)(H,32,33). The van der Waals surface area contributed by atoms with Gasteiger partial charge >= 0.3 is 213 Å². The molecule has 2 rings (SSSR count). The Morgan fingerprint density at radius 2 is 2.00 bits per heavy atom. The van der Waals surface area contributed by atoms with Crippen LogP contribution in [0.25, 0.3) is 0 Å². The molecule has 10 heteroatoms. The number of aliphatic carboxylic acids is 1. The van der Waals surface area contributed by atoms with E-state index >= 15 is 0 Å². The van der Waals surface area contributed by atoms with Crippen molar-refractivity contribution in [3.8, 4) is 0 Å². The van der Waals surface area contributed by atoms with E-state index in [9.17, 15) is 19.5 Å². The number of carbonyl (C=O) groups excluding carboxylic acids is 2. The van der Waals surface area contributed by atoms with E-state index in [-0.39, 0.29) is 21.7 Å². The fourth-order valence-electron chi connectivity index (χ4n) is 3.44. The number of hydrogen-bond donors (Lipinski definition) is 3. The third-order valence-electron chi connectivity index (χ3n) is 5.62. The molecule has 0 aliphatic heterocycles. The number of rotatable bonds is 16. The Labute approximate surface area is 212 Å². The van der Waals surface area contributed by atoms with Gasteiger partial charge in [0.15, 0.2) is 0 Å². The van der Waals surface area contributed by atoms with Gasteiger partial charge in [0.2, 0.25) is 0 Å². The number of amides is 1. The first kappa shape index (κ1) is 28.1. The summed E-state index contributed by atoms with van der Waals surface area (Å²) in [5.74, 6) is -0.379. The van der Waals surface area contributed by atoms with Gasteiger partial charge < -0.3 is 0 Å². The third kappa shape index (κ3) is 9.64. The molecular formula is C24H34AsN4O4S. The Balaban J connectivity index is 2.15. The van der Waals surface area contributed by atoms with Gasteiger partial charge in [-0.1, -0.05) is 0 Å². The molecule has 1 radical (unpaired) electrons. The first-order valence-electron chi connectivity index (χ1n) is 11.3. The number of carboxylic acid groups (broad SMARTS) is 1. The van der Waals surface area contributed by atoms with Crippen molar-refractivity contribution in [3.05, 3.63) is 54.1 Å². The minimum atomic E-state index is -1.02. The zero-order chi connectivity index (χ0) is 24.9. The third-order valence-corrected chi connectivity index (χ3v) is 9.37. The molecule has 3 N–H and O–H groups in total. The summed E-state index contributed by atoms with van der Waals surface area (Å²) in [6.07, 6.45) is 6.28. The molecule has 3 atom stereocenters. The number of aromatic nitrogens is 2. The number of benzene rings is 1. The minimum absolute atomic E-state index is 0.0737. The Morgan fingerprint density at radius 3 is 2.59 bits per heavy atom. The number of thioether (sulfide) groups is 1. The van der Waals surface area contributed by atoms with Crippen LogP contribution in [0.1, 0.15) is 42.7 Å². The number of carbonyl (C=O) groups is 3. The zero-order valence-electron chi connectivity index (χ0n) is 19.9. The summed E-state index contributed by atoms with van der Waals surface area (Å²) in [4.78, 5) is 46.2. The van der Waals surface area contributed by atoms with Crippen LogP contribution in [-0.4, -0.2) is 83.3 Å². The average Bonchev–Trinajstić information content (AvgIpc) is 3.36. The summed E-state index contributed by atoms with van der Waals surface area (Å²) >= 11 is 0.869. The first-order chi connectivity index (χ1) is 16.3. The van der Waals surface area contributed by atoms with Crippen molar-refractivity contribution in [2.75, 3.05) is 25.1 Å². The first-order valence-corrected chi connectivity index (χ1v) is 14.8. The van der Waals surface area contributed by atoms with Crippen LogP contribution < -0.4 is 5.32 Å². The molecule has 0 aliphatic rings. The summed E-state index contributed by atoms with van der Waals surface area (Å²) in [7, 11) is 0. The van der Waals surface area contributed by atoms with Crippen LogP contribution in [0.5, 0.6) is 0 Å². The number of nitrogens with zero attached hydrogens (tertiary/aromatic N) is 2. The molecule has 1 amide bonds. The van der Waals surface area contributed by atoms with Gasteiger partial charge in [-0.15, -0.1) is 0 Å². The average molecular weight is 550 g/mol. The van der Waals surface area contributed by atoms with Gasteiger partial charge in [-0.3, -0.25) is 0 Å². The van der Waals surface area contributed by atoms with Gasteiger partial charge in [0.05, 0.1) is 0 Å². The fraction of sp³-hybridized carbons (Fsp3) is 0.500. The quantitative estimate of drug-likeness (QED) is 0.276. The summed E-state index contributed by atoms with van der Waals surface area (Å²) in [6, 6.07) is 8.96. The van der Waals surface area contributed by atoms with Crippen LogP contribution in [0.3, 0.4) is 0 Å². The van der Waals surface area contributed by atoms with E-state index in [1.165, 1.54) is 6.33 Å². The van der Waals surface area contributed by atoms with Crippen LogP contribution in [0, 0.1) is 5.92 Å². The number of imidazole rings is 1. The molecule has 0 aliphatic carbocycles. The Bertz CT molecular complexity index is 898. The SMILES string of the molecule is CCC(C)C(CN(CC(=O)NC(CCSC)C(=O)O)Cc1ccccc1)[As]C(=O)c1cnc[nH]1. The molecule has 3 unspecified atom stereocenters. The van der Waals surface area contributed by atoms with Crippen molar-refractivity contribution in [1.29, 1.82) is 0 Å². The number of carboxylic acids is 1. The molecule has 0 bridgehead atoms. The van der Waals surface area contributed by atoms with Gasteiger partial charge in [-0.2, -0.15) is 0 Å². The molecule has 0 saturated carbocycles. The van der Waals surface area contributed by atoms with Gasteiger partial charge in [0, 0.05) is 0 Å². The van der Waals surface area contributed by atoms with E-state index in [0.717, 1.165) is 12.0 Å². The second kappa shape index (κ2) is 15.0. The number of hydrogen-bond acceptors (Lipinski definition) is 6. The monoisotopic (exact) mass is 549 g/mol. The van der Waals surface area contributed by atoms with Crippen molar-refractivity contribution >= 4 is 44.0 Å². The van der Waals surface area contributed by atoms with E-state index in [1.807, 2.05) is 41.5 Å². The van der Waals surface area contributed by atoms with Crippen molar-refractivity contribution in [2.24, 2.45) is 5.92 Å². The Kier molecular flexibility index (Phi) is 12.4. The van der Waals surface area contributed by atoms with E-state index in [2.05, 4.69) is 29.1 Å². The van der Waals surface area contributed by atoms with E-state index < -0.39 is 27.8 Å². The van der Waals surface area contributed by atoms with Crippen LogP contribution in [0.15, 0.2) is 42.9 Å². The van der Waals surface area contributed by atoms with Gasteiger partial charge in [-0.25, -0.2) is 0 Å². The van der Waals surface area contributed by atoms with Gasteiger partial charge in [-0.05, 0) is 0 Å². The molecule has 8 nitrogen and oxygen atoms in total. The van der Waals surface area contributed by atoms with Crippen molar-refractivity contribution in [3.63, 3.8) is 0 Å². The molecule has 34 heavy (non-hydrogen) atoms. The Hall–Kier alpha value is -2.09. The molecule has 0 fully saturated rings.